The summed E-state index contributed by atoms with van der Waals surface area (Å²) in [6, 6.07) is 13.2. The second kappa shape index (κ2) is 12.8. The van der Waals surface area contributed by atoms with Crippen LogP contribution in [0.2, 0.25) is 0 Å². The van der Waals surface area contributed by atoms with E-state index in [0.29, 0.717) is 22.2 Å². The Hall–Kier alpha value is -3.80. The SMILES string of the molecule is Cc1ccc(C)c(N2C/C=C\CCC(=O)N[C@H](C)[C@@H](c3ccccc3)OC(=O)[C@@H]3[C@H]4O[C@@]5(C=C4Br)[C@H](C2=O)N(CCO)C(=O)[C@@H]35)c1. The number of allylic oxidation sites excluding steroid dienone is 1. The number of esters is 1. The molecule has 5 bridgehead atoms. The highest BCUT2D eigenvalue weighted by Gasteiger charge is 2.75. The van der Waals surface area contributed by atoms with Crippen LogP contribution in [-0.4, -0.2) is 77.2 Å². The van der Waals surface area contributed by atoms with Crippen molar-refractivity contribution in [1.29, 1.82) is 0 Å². The Labute approximate surface area is 276 Å². The molecule has 4 aliphatic rings. The van der Waals surface area contributed by atoms with Crippen LogP contribution in [0.1, 0.15) is 42.6 Å². The number of carbonyl (C=O) groups excluding carboxylic acids is 4. The van der Waals surface area contributed by atoms with E-state index >= 15 is 0 Å². The number of amides is 3. The molecule has 46 heavy (non-hydrogen) atoms. The molecule has 2 aromatic rings. The number of nitrogens with one attached hydrogen (secondary N) is 1. The van der Waals surface area contributed by atoms with E-state index < -0.39 is 59.5 Å². The fourth-order valence-electron chi connectivity index (χ4n) is 7.30. The number of aliphatic hydroxyl groups is 1. The number of hydrogen-bond acceptors (Lipinski definition) is 7. The Balaban J connectivity index is 1.48. The number of likely N-dealkylation sites (tertiary alicyclic amines) is 1. The molecular formula is C35H38BrN3O7. The van der Waals surface area contributed by atoms with Crippen molar-refractivity contribution in [3.05, 3.63) is 87.9 Å². The molecule has 3 amide bonds. The predicted octanol–water partition coefficient (Wildman–Crippen LogP) is 3.64. The molecule has 1 spiro atoms. The van der Waals surface area contributed by atoms with Crippen molar-refractivity contribution >= 4 is 45.3 Å². The van der Waals surface area contributed by atoms with Crippen LogP contribution in [0, 0.1) is 25.7 Å². The smallest absolute Gasteiger partial charge is 0.313 e. The third-order valence-electron chi connectivity index (χ3n) is 9.40. The Morgan fingerprint density at radius 3 is 2.52 bits per heavy atom. The number of ether oxygens (including phenoxy) is 2. The Morgan fingerprint density at radius 2 is 1.78 bits per heavy atom. The zero-order valence-corrected chi connectivity index (χ0v) is 27.6. The molecule has 0 aliphatic carbocycles. The number of benzene rings is 2. The highest BCUT2D eigenvalue weighted by atomic mass is 79.9. The number of halogens is 1. The third-order valence-corrected chi connectivity index (χ3v) is 10.1. The van der Waals surface area contributed by atoms with Gasteiger partial charge in [-0.1, -0.05) is 70.5 Å². The number of β-amino-alcohol motifs (C(OH)–C–C–N with tert-alkyl or cyclic N) is 1. The first kappa shape index (κ1) is 32.2. The molecule has 2 N–H and O–H groups in total. The number of anilines is 1. The first-order valence-electron chi connectivity index (χ1n) is 15.6. The number of carbonyl (C=O) groups is 4. The quantitative estimate of drug-likeness (QED) is 0.371. The first-order chi connectivity index (χ1) is 22.1. The van der Waals surface area contributed by atoms with Gasteiger partial charge in [-0.05, 0) is 56.0 Å². The Kier molecular flexibility index (Phi) is 8.93. The van der Waals surface area contributed by atoms with Gasteiger partial charge < -0.3 is 29.7 Å². The van der Waals surface area contributed by atoms with Crippen molar-refractivity contribution in [3.8, 4) is 0 Å². The van der Waals surface area contributed by atoms with Crippen LogP contribution in [0.25, 0.3) is 0 Å². The summed E-state index contributed by atoms with van der Waals surface area (Å²) in [6.07, 6.45) is 4.39. The average Bonchev–Trinajstić information content (AvgIpc) is 3.62. The molecule has 0 unspecified atom stereocenters. The summed E-state index contributed by atoms with van der Waals surface area (Å²) in [4.78, 5) is 59.3. The second-order valence-corrected chi connectivity index (χ2v) is 13.4. The van der Waals surface area contributed by atoms with Gasteiger partial charge in [0, 0.05) is 29.7 Å². The molecule has 2 fully saturated rings. The van der Waals surface area contributed by atoms with E-state index in [9.17, 15) is 24.3 Å². The lowest BCUT2D eigenvalue weighted by Gasteiger charge is -2.36. The lowest BCUT2D eigenvalue weighted by molar-refractivity contribution is -0.161. The van der Waals surface area contributed by atoms with Gasteiger partial charge in [-0.3, -0.25) is 19.2 Å². The number of aliphatic hydroxyl groups excluding tert-OH is 1. The Morgan fingerprint density at radius 1 is 1.02 bits per heavy atom. The molecule has 10 nitrogen and oxygen atoms in total. The van der Waals surface area contributed by atoms with Crippen molar-refractivity contribution in [2.75, 3.05) is 24.6 Å². The van der Waals surface area contributed by atoms with Crippen LogP contribution in [-0.2, 0) is 28.7 Å². The summed E-state index contributed by atoms with van der Waals surface area (Å²) in [5.74, 6) is -3.85. The minimum Gasteiger partial charge on any atom is -0.455 e. The van der Waals surface area contributed by atoms with Crippen LogP contribution in [0.15, 0.2) is 71.2 Å². The van der Waals surface area contributed by atoms with E-state index in [4.69, 9.17) is 9.47 Å². The third kappa shape index (κ3) is 5.48. The number of aryl methyl sites for hydroxylation is 2. The van der Waals surface area contributed by atoms with E-state index in [1.165, 1.54) is 4.90 Å². The largest absolute Gasteiger partial charge is 0.455 e. The Bertz CT molecular complexity index is 1610. The summed E-state index contributed by atoms with van der Waals surface area (Å²) in [6.45, 7) is 5.32. The van der Waals surface area contributed by atoms with E-state index in [1.807, 2.05) is 74.5 Å². The van der Waals surface area contributed by atoms with Crippen LogP contribution in [0.5, 0.6) is 0 Å². The number of hydrogen-bond donors (Lipinski definition) is 2. The zero-order valence-electron chi connectivity index (χ0n) is 26.0. The highest BCUT2D eigenvalue weighted by Crippen LogP contribution is 2.59. The monoisotopic (exact) mass is 691 g/mol. The van der Waals surface area contributed by atoms with Gasteiger partial charge >= 0.3 is 5.97 Å². The summed E-state index contributed by atoms with van der Waals surface area (Å²) in [5, 5.41) is 13.0. The maximum atomic E-state index is 14.8. The van der Waals surface area contributed by atoms with Gasteiger partial charge in [0.1, 0.15) is 29.8 Å². The summed E-state index contributed by atoms with van der Waals surface area (Å²) in [5.41, 5.74) is 1.71. The molecule has 4 heterocycles. The average molecular weight is 693 g/mol. The predicted molar refractivity (Wildman–Crippen MR) is 174 cm³/mol. The molecule has 2 aromatic carbocycles. The topological polar surface area (TPSA) is 125 Å². The van der Waals surface area contributed by atoms with Crippen molar-refractivity contribution in [2.45, 2.75) is 63.5 Å². The van der Waals surface area contributed by atoms with Gasteiger partial charge in [0.2, 0.25) is 11.8 Å². The molecular weight excluding hydrogens is 654 g/mol. The minimum absolute atomic E-state index is 0.110. The van der Waals surface area contributed by atoms with Crippen LogP contribution < -0.4 is 10.2 Å². The highest BCUT2D eigenvalue weighted by molar-refractivity contribution is 9.11. The van der Waals surface area contributed by atoms with Crippen LogP contribution in [0.4, 0.5) is 5.69 Å². The van der Waals surface area contributed by atoms with Gasteiger partial charge in [0.25, 0.3) is 5.91 Å². The zero-order chi connectivity index (χ0) is 32.7. The van der Waals surface area contributed by atoms with Gasteiger partial charge in [-0.25, -0.2) is 0 Å². The van der Waals surface area contributed by atoms with Crippen molar-refractivity contribution < 1.29 is 33.8 Å². The summed E-state index contributed by atoms with van der Waals surface area (Å²) >= 11 is 3.57. The van der Waals surface area contributed by atoms with Crippen LogP contribution >= 0.6 is 15.9 Å². The molecule has 2 saturated heterocycles. The number of rotatable bonds is 4. The van der Waals surface area contributed by atoms with E-state index in [1.54, 1.807) is 17.9 Å². The summed E-state index contributed by atoms with van der Waals surface area (Å²) in [7, 11) is 0. The van der Waals surface area contributed by atoms with Gasteiger partial charge in [-0.15, -0.1) is 0 Å². The molecule has 0 saturated carbocycles. The molecule has 0 aromatic heterocycles. The minimum atomic E-state index is -1.47. The molecule has 242 valence electrons. The lowest BCUT2D eigenvalue weighted by Crippen LogP contribution is -2.56. The lowest BCUT2D eigenvalue weighted by atomic mass is 9.74. The maximum absolute atomic E-state index is 14.8. The number of nitrogens with zero attached hydrogens (tertiary/aromatic N) is 2. The van der Waals surface area contributed by atoms with E-state index in [0.717, 1.165) is 11.1 Å². The molecule has 0 radical (unpaired) electrons. The molecule has 7 atom stereocenters. The molecule has 6 rings (SSSR count). The van der Waals surface area contributed by atoms with E-state index in [-0.39, 0.29) is 32.0 Å². The maximum Gasteiger partial charge on any atom is 0.313 e. The number of cyclic esters (lactones) is 1. The molecule has 11 heteroatoms. The first-order valence-corrected chi connectivity index (χ1v) is 16.4. The standard InChI is InChI=1S/C35H38BrN3O7/c1-20-13-14-21(2)25(18-20)38-15-9-5-8-12-26(41)37-22(3)29(23-10-6-4-7-11-23)45-34(44)27-28-32(42)39(16-17-40)31(33(38)43)35(28)19-24(36)30(27)46-35/h4-7,9-11,13-14,18-19,22,27-31,40H,8,12,15-17H2,1-3H3,(H,37,41)/b9-5-/t22-,27+,28-,29+,30+,31+,35-/m1/s1. The normalized spacial score (nSPS) is 32.2. The van der Waals surface area contributed by atoms with Gasteiger partial charge in [0.05, 0.1) is 18.6 Å². The van der Waals surface area contributed by atoms with Crippen molar-refractivity contribution in [1.82, 2.24) is 10.2 Å². The molecule has 4 aliphatic heterocycles. The van der Waals surface area contributed by atoms with Crippen molar-refractivity contribution in [3.63, 3.8) is 0 Å². The number of fused-ring (bicyclic) bond motifs is 2. The second-order valence-electron chi connectivity index (χ2n) is 12.5. The van der Waals surface area contributed by atoms with Crippen molar-refractivity contribution in [2.24, 2.45) is 11.8 Å². The fraction of sp³-hybridized carbons (Fsp3) is 0.429. The van der Waals surface area contributed by atoms with Gasteiger partial charge in [0.15, 0.2) is 0 Å². The summed E-state index contributed by atoms with van der Waals surface area (Å²) < 4.78 is 13.3. The van der Waals surface area contributed by atoms with Crippen LogP contribution in [0.3, 0.4) is 0 Å². The fourth-order valence-corrected chi connectivity index (χ4v) is 8.03. The van der Waals surface area contributed by atoms with Gasteiger partial charge in [-0.2, -0.15) is 0 Å². The van der Waals surface area contributed by atoms with E-state index in [2.05, 4.69) is 21.2 Å².